The standard InChI is InChI=1S/C12H9Br2NOS/c1-7-2-3-8(13)9(6-7)15-12(16)10-4-5-11(14)17-10/h2-6H,1H3,(H,15,16). The van der Waals surface area contributed by atoms with E-state index in [2.05, 4.69) is 37.2 Å². The van der Waals surface area contributed by atoms with Crippen molar-refractivity contribution in [2.45, 2.75) is 6.92 Å². The van der Waals surface area contributed by atoms with Crippen molar-refractivity contribution < 1.29 is 4.79 Å². The van der Waals surface area contributed by atoms with Gasteiger partial charge in [-0.05, 0) is 68.6 Å². The van der Waals surface area contributed by atoms with E-state index >= 15 is 0 Å². The average Bonchev–Trinajstić information content (AvgIpc) is 2.70. The molecule has 1 amide bonds. The summed E-state index contributed by atoms with van der Waals surface area (Å²) in [6.07, 6.45) is 0. The summed E-state index contributed by atoms with van der Waals surface area (Å²) in [7, 11) is 0. The third kappa shape index (κ3) is 3.18. The Bertz CT molecular complexity index is 565. The first-order valence-electron chi connectivity index (χ1n) is 4.89. The van der Waals surface area contributed by atoms with Gasteiger partial charge in [-0.1, -0.05) is 6.07 Å². The molecule has 0 unspecified atom stereocenters. The van der Waals surface area contributed by atoms with E-state index < -0.39 is 0 Å². The molecule has 0 aliphatic heterocycles. The molecule has 0 aliphatic rings. The molecule has 88 valence electrons. The highest BCUT2D eigenvalue weighted by atomic mass is 79.9. The van der Waals surface area contributed by atoms with Crippen LogP contribution in [0.3, 0.4) is 0 Å². The van der Waals surface area contributed by atoms with Gasteiger partial charge in [-0.25, -0.2) is 0 Å². The van der Waals surface area contributed by atoms with Crippen LogP contribution < -0.4 is 5.32 Å². The molecule has 0 atom stereocenters. The molecule has 0 saturated heterocycles. The molecule has 0 radical (unpaired) electrons. The molecule has 1 N–H and O–H groups in total. The van der Waals surface area contributed by atoms with E-state index in [4.69, 9.17) is 0 Å². The second-order valence-electron chi connectivity index (χ2n) is 3.54. The van der Waals surface area contributed by atoms with Gasteiger partial charge in [0, 0.05) is 4.47 Å². The van der Waals surface area contributed by atoms with Gasteiger partial charge in [0.1, 0.15) is 0 Å². The average molecular weight is 375 g/mol. The smallest absolute Gasteiger partial charge is 0.265 e. The Labute approximate surface area is 120 Å². The van der Waals surface area contributed by atoms with Crippen LogP contribution in [0.4, 0.5) is 5.69 Å². The predicted octanol–water partition coefficient (Wildman–Crippen LogP) is 4.83. The zero-order valence-corrected chi connectivity index (χ0v) is 12.9. The normalized spacial score (nSPS) is 10.3. The molecule has 0 saturated carbocycles. The van der Waals surface area contributed by atoms with E-state index in [0.29, 0.717) is 4.88 Å². The van der Waals surface area contributed by atoms with Gasteiger partial charge in [0.15, 0.2) is 0 Å². The van der Waals surface area contributed by atoms with Crippen molar-refractivity contribution in [2.24, 2.45) is 0 Å². The van der Waals surface area contributed by atoms with Gasteiger partial charge in [-0.2, -0.15) is 0 Å². The number of carbonyl (C=O) groups is 1. The maximum Gasteiger partial charge on any atom is 0.265 e. The molecule has 0 fully saturated rings. The second-order valence-corrected chi connectivity index (χ2v) is 6.86. The zero-order valence-electron chi connectivity index (χ0n) is 8.96. The SMILES string of the molecule is Cc1ccc(Br)c(NC(=O)c2ccc(Br)s2)c1. The number of hydrogen-bond acceptors (Lipinski definition) is 2. The predicted molar refractivity (Wildman–Crippen MR) is 78.9 cm³/mol. The summed E-state index contributed by atoms with van der Waals surface area (Å²) in [5.74, 6) is -0.0907. The molecule has 0 spiro atoms. The number of amides is 1. The highest BCUT2D eigenvalue weighted by Gasteiger charge is 2.10. The molecular weight excluding hydrogens is 366 g/mol. The summed E-state index contributed by atoms with van der Waals surface area (Å²) in [4.78, 5) is 12.6. The number of rotatable bonds is 2. The van der Waals surface area contributed by atoms with Crippen molar-refractivity contribution in [1.82, 2.24) is 0 Å². The molecule has 2 nitrogen and oxygen atoms in total. The maximum atomic E-state index is 11.9. The Kier molecular flexibility index (Phi) is 4.01. The quantitative estimate of drug-likeness (QED) is 0.800. The lowest BCUT2D eigenvalue weighted by Crippen LogP contribution is -2.10. The first-order valence-corrected chi connectivity index (χ1v) is 7.29. The van der Waals surface area contributed by atoms with Crippen molar-refractivity contribution in [3.05, 3.63) is 49.0 Å². The number of benzene rings is 1. The number of nitrogens with one attached hydrogen (secondary N) is 1. The second kappa shape index (κ2) is 5.33. The van der Waals surface area contributed by atoms with Gasteiger partial charge in [0.2, 0.25) is 0 Å². The van der Waals surface area contributed by atoms with Crippen LogP contribution in [0.25, 0.3) is 0 Å². The lowest BCUT2D eigenvalue weighted by Gasteiger charge is -2.07. The van der Waals surface area contributed by atoms with E-state index in [-0.39, 0.29) is 5.91 Å². The molecule has 1 aromatic carbocycles. The fraction of sp³-hybridized carbons (Fsp3) is 0.0833. The van der Waals surface area contributed by atoms with Crippen molar-refractivity contribution in [3.63, 3.8) is 0 Å². The van der Waals surface area contributed by atoms with Crippen LogP contribution in [0.5, 0.6) is 0 Å². The van der Waals surface area contributed by atoms with Crippen LogP contribution in [0, 0.1) is 6.92 Å². The zero-order chi connectivity index (χ0) is 12.4. The highest BCUT2D eigenvalue weighted by molar-refractivity contribution is 9.11. The van der Waals surface area contributed by atoms with Crippen molar-refractivity contribution in [2.75, 3.05) is 5.32 Å². The topological polar surface area (TPSA) is 29.1 Å². The largest absolute Gasteiger partial charge is 0.320 e. The number of halogens is 2. The van der Waals surface area contributed by atoms with Crippen LogP contribution in [-0.2, 0) is 0 Å². The number of hydrogen-bond donors (Lipinski definition) is 1. The molecule has 5 heteroatoms. The summed E-state index contributed by atoms with van der Waals surface area (Å²) < 4.78 is 1.83. The minimum atomic E-state index is -0.0907. The maximum absolute atomic E-state index is 11.9. The molecule has 2 rings (SSSR count). The third-order valence-electron chi connectivity index (χ3n) is 2.17. The first kappa shape index (κ1) is 12.8. The highest BCUT2D eigenvalue weighted by Crippen LogP contribution is 2.26. The summed E-state index contributed by atoms with van der Waals surface area (Å²) >= 11 is 8.17. The minimum Gasteiger partial charge on any atom is -0.320 e. The number of aryl methyl sites for hydroxylation is 1. The van der Waals surface area contributed by atoms with Crippen LogP contribution in [0.1, 0.15) is 15.2 Å². The number of anilines is 1. The van der Waals surface area contributed by atoms with E-state index in [1.54, 1.807) is 6.07 Å². The van der Waals surface area contributed by atoms with E-state index in [9.17, 15) is 4.79 Å². The molecule has 2 aromatic rings. The van der Waals surface area contributed by atoms with Crippen LogP contribution in [0.2, 0.25) is 0 Å². The Hall–Kier alpha value is -0.650. The molecular formula is C12H9Br2NOS. The Morgan fingerprint density at radius 3 is 2.65 bits per heavy atom. The summed E-state index contributed by atoms with van der Waals surface area (Å²) in [6, 6.07) is 9.51. The van der Waals surface area contributed by atoms with Gasteiger partial charge in [0.05, 0.1) is 14.4 Å². The Balaban J connectivity index is 2.21. The molecule has 1 heterocycles. The fourth-order valence-corrected chi connectivity index (χ4v) is 2.98. The van der Waals surface area contributed by atoms with E-state index in [1.165, 1.54) is 11.3 Å². The summed E-state index contributed by atoms with van der Waals surface area (Å²) in [5.41, 5.74) is 1.90. The van der Waals surface area contributed by atoms with Crippen LogP contribution in [0.15, 0.2) is 38.6 Å². The van der Waals surface area contributed by atoms with Gasteiger partial charge < -0.3 is 5.32 Å². The Morgan fingerprint density at radius 2 is 2.00 bits per heavy atom. The van der Waals surface area contributed by atoms with Gasteiger partial charge in [-0.15, -0.1) is 11.3 Å². The van der Waals surface area contributed by atoms with Crippen molar-refractivity contribution in [3.8, 4) is 0 Å². The van der Waals surface area contributed by atoms with E-state index in [1.807, 2.05) is 31.2 Å². The fourth-order valence-electron chi connectivity index (χ4n) is 1.36. The summed E-state index contributed by atoms with van der Waals surface area (Å²) in [5, 5.41) is 2.88. The molecule has 17 heavy (non-hydrogen) atoms. The molecule has 1 aromatic heterocycles. The monoisotopic (exact) mass is 373 g/mol. The van der Waals surface area contributed by atoms with Crippen LogP contribution in [-0.4, -0.2) is 5.91 Å². The number of carbonyl (C=O) groups excluding carboxylic acids is 1. The lowest BCUT2D eigenvalue weighted by molar-refractivity contribution is 0.103. The van der Waals surface area contributed by atoms with Gasteiger partial charge in [-0.3, -0.25) is 4.79 Å². The third-order valence-corrected chi connectivity index (χ3v) is 4.48. The minimum absolute atomic E-state index is 0.0907. The number of thiophene rings is 1. The summed E-state index contributed by atoms with van der Waals surface area (Å²) in [6.45, 7) is 1.99. The lowest BCUT2D eigenvalue weighted by atomic mass is 10.2. The van der Waals surface area contributed by atoms with Crippen molar-refractivity contribution in [1.29, 1.82) is 0 Å². The van der Waals surface area contributed by atoms with E-state index in [0.717, 1.165) is 19.5 Å². The molecule has 0 bridgehead atoms. The Morgan fingerprint density at radius 1 is 1.24 bits per heavy atom. The first-order chi connectivity index (χ1) is 8.06. The van der Waals surface area contributed by atoms with Crippen molar-refractivity contribution >= 4 is 54.8 Å². The molecule has 0 aliphatic carbocycles. The van der Waals surface area contributed by atoms with Crippen LogP contribution >= 0.6 is 43.2 Å². The van der Waals surface area contributed by atoms with Gasteiger partial charge >= 0.3 is 0 Å². The van der Waals surface area contributed by atoms with Gasteiger partial charge in [0.25, 0.3) is 5.91 Å².